The maximum Gasteiger partial charge on any atom is 0.224 e. The third kappa shape index (κ3) is 3.03. The summed E-state index contributed by atoms with van der Waals surface area (Å²) in [5, 5.41) is 13.4. The minimum Gasteiger partial charge on any atom is -0.392 e. The number of carbonyl (C=O) groups excluding carboxylic acids is 1. The Kier molecular flexibility index (Phi) is 3.89. The summed E-state index contributed by atoms with van der Waals surface area (Å²) in [5.41, 5.74) is 1.85. The molecule has 2 rings (SSSR count). The maximum absolute atomic E-state index is 11.7. The molecule has 0 aliphatic heterocycles. The summed E-state index contributed by atoms with van der Waals surface area (Å²) in [6.07, 6.45) is 1.54. The summed E-state index contributed by atoms with van der Waals surface area (Å²) in [6.45, 7) is 1.90. The van der Waals surface area contributed by atoms with Crippen molar-refractivity contribution in [1.82, 2.24) is 10.3 Å². The standard InChI is InChI=1S/C13H15ClN2O2/c1-8(17)6-16-13(18)4-9-7-15-12-3-2-10(14)5-11(9)12/h2-3,5,7-8,15,17H,4,6H2,1H3,(H,16,18). The molecule has 0 bridgehead atoms. The molecule has 0 radical (unpaired) electrons. The molecule has 0 spiro atoms. The van der Waals surface area contributed by atoms with Crippen LogP contribution in [0.5, 0.6) is 0 Å². The highest BCUT2D eigenvalue weighted by atomic mass is 35.5. The number of benzene rings is 1. The zero-order valence-corrected chi connectivity index (χ0v) is 10.8. The van der Waals surface area contributed by atoms with Gasteiger partial charge in [-0.15, -0.1) is 0 Å². The summed E-state index contributed by atoms with van der Waals surface area (Å²) in [7, 11) is 0. The molecule has 1 unspecified atom stereocenters. The summed E-state index contributed by atoms with van der Waals surface area (Å²) < 4.78 is 0. The number of hydrogen-bond acceptors (Lipinski definition) is 2. The van der Waals surface area contributed by atoms with Crippen molar-refractivity contribution in [2.75, 3.05) is 6.54 Å². The Hall–Kier alpha value is -1.52. The summed E-state index contributed by atoms with van der Waals surface area (Å²) >= 11 is 5.94. The average molecular weight is 267 g/mol. The van der Waals surface area contributed by atoms with Gasteiger partial charge in [0.2, 0.25) is 5.91 Å². The molecule has 2 aromatic rings. The Morgan fingerprint density at radius 1 is 1.56 bits per heavy atom. The number of amides is 1. The number of H-pyrrole nitrogens is 1. The first kappa shape index (κ1) is 12.9. The lowest BCUT2D eigenvalue weighted by molar-refractivity contribution is -0.120. The van der Waals surface area contributed by atoms with Crippen LogP contribution >= 0.6 is 11.6 Å². The fourth-order valence-corrected chi connectivity index (χ4v) is 1.97. The second kappa shape index (κ2) is 5.42. The molecule has 18 heavy (non-hydrogen) atoms. The summed E-state index contributed by atoms with van der Waals surface area (Å²) in [4.78, 5) is 14.8. The highest BCUT2D eigenvalue weighted by molar-refractivity contribution is 6.31. The van der Waals surface area contributed by atoms with Gasteiger partial charge in [-0.05, 0) is 30.7 Å². The number of aromatic nitrogens is 1. The molecule has 1 aromatic carbocycles. The van der Waals surface area contributed by atoms with E-state index in [-0.39, 0.29) is 18.9 Å². The topological polar surface area (TPSA) is 65.1 Å². The first-order chi connectivity index (χ1) is 8.56. The SMILES string of the molecule is CC(O)CNC(=O)Cc1c[nH]c2ccc(Cl)cc12. The minimum absolute atomic E-state index is 0.114. The van der Waals surface area contributed by atoms with Gasteiger partial charge < -0.3 is 15.4 Å². The monoisotopic (exact) mass is 266 g/mol. The van der Waals surface area contributed by atoms with E-state index in [1.807, 2.05) is 18.3 Å². The predicted octanol–water partition coefficient (Wildman–Crippen LogP) is 1.86. The second-order valence-electron chi connectivity index (χ2n) is 4.33. The van der Waals surface area contributed by atoms with Crippen LogP contribution in [0.15, 0.2) is 24.4 Å². The maximum atomic E-state index is 11.7. The molecule has 0 fully saturated rings. The van der Waals surface area contributed by atoms with E-state index in [1.54, 1.807) is 13.0 Å². The number of halogens is 1. The molecular weight excluding hydrogens is 252 g/mol. The number of aliphatic hydroxyl groups is 1. The van der Waals surface area contributed by atoms with Gasteiger partial charge in [-0.1, -0.05) is 11.6 Å². The molecular formula is C13H15ClN2O2. The van der Waals surface area contributed by atoms with Gasteiger partial charge in [0.15, 0.2) is 0 Å². The van der Waals surface area contributed by atoms with Crippen molar-refractivity contribution in [3.8, 4) is 0 Å². The third-order valence-corrected chi connectivity index (χ3v) is 2.91. The largest absolute Gasteiger partial charge is 0.392 e. The Labute approximate surface area is 110 Å². The first-order valence-electron chi connectivity index (χ1n) is 5.76. The van der Waals surface area contributed by atoms with E-state index in [4.69, 9.17) is 16.7 Å². The Morgan fingerprint density at radius 2 is 2.33 bits per heavy atom. The molecule has 0 saturated heterocycles. The number of nitrogens with one attached hydrogen (secondary N) is 2. The lowest BCUT2D eigenvalue weighted by Crippen LogP contribution is -2.31. The van der Waals surface area contributed by atoms with Gasteiger partial charge in [-0.2, -0.15) is 0 Å². The Balaban J connectivity index is 2.12. The van der Waals surface area contributed by atoms with Crippen LogP contribution in [0.3, 0.4) is 0 Å². The summed E-state index contributed by atoms with van der Waals surface area (Å²) in [5.74, 6) is -0.114. The van der Waals surface area contributed by atoms with E-state index >= 15 is 0 Å². The van der Waals surface area contributed by atoms with Crippen LogP contribution in [0.25, 0.3) is 10.9 Å². The van der Waals surface area contributed by atoms with Crippen molar-refractivity contribution in [3.05, 3.63) is 35.0 Å². The van der Waals surface area contributed by atoms with Crippen molar-refractivity contribution in [3.63, 3.8) is 0 Å². The van der Waals surface area contributed by atoms with Crippen molar-refractivity contribution in [2.24, 2.45) is 0 Å². The molecule has 1 atom stereocenters. The number of rotatable bonds is 4. The zero-order chi connectivity index (χ0) is 13.1. The first-order valence-corrected chi connectivity index (χ1v) is 6.14. The summed E-state index contributed by atoms with van der Waals surface area (Å²) in [6, 6.07) is 5.53. The normalized spacial score (nSPS) is 12.6. The lowest BCUT2D eigenvalue weighted by atomic mass is 10.1. The van der Waals surface area contributed by atoms with E-state index in [9.17, 15) is 4.79 Å². The van der Waals surface area contributed by atoms with E-state index < -0.39 is 6.10 Å². The van der Waals surface area contributed by atoms with E-state index in [0.717, 1.165) is 16.5 Å². The fraction of sp³-hybridized carbons (Fsp3) is 0.308. The van der Waals surface area contributed by atoms with E-state index in [0.29, 0.717) is 5.02 Å². The lowest BCUT2D eigenvalue weighted by Gasteiger charge is -2.06. The van der Waals surface area contributed by atoms with Crippen LogP contribution in [-0.4, -0.2) is 28.6 Å². The second-order valence-corrected chi connectivity index (χ2v) is 4.77. The number of carbonyl (C=O) groups is 1. The molecule has 0 saturated carbocycles. The molecule has 4 nitrogen and oxygen atoms in total. The van der Waals surface area contributed by atoms with Gasteiger partial charge in [-0.25, -0.2) is 0 Å². The molecule has 0 aliphatic carbocycles. The van der Waals surface area contributed by atoms with Crippen molar-refractivity contribution < 1.29 is 9.90 Å². The number of aliphatic hydroxyl groups excluding tert-OH is 1. The molecule has 0 aliphatic rings. The van der Waals surface area contributed by atoms with Gasteiger partial charge in [-0.3, -0.25) is 4.79 Å². The zero-order valence-electron chi connectivity index (χ0n) is 10.0. The average Bonchev–Trinajstić information content (AvgIpc) is 2.69. The van der Waals surface area contributed by atoms with Crippen LogP contribution in [0.4, 0.5) is 0 Å². The van der Waals surface area contributed by atoms with Crippen LogP contribution in [0, 0.1) is 0 Å². The van der Waals surface area contributed by atoms with Gasteiger partial charge in [0, 0.05) is 28.7 Å². The van der Waals surface area contributed by atoms with Crippen LogP contribution in [0.2, 0.25) is 5.02 Å². The molecule has 3 N–H and O–H groups in total. The van der Waals surface area contributed by atoms with Crippen molar-refractivity contribution in [2.45, 2.75) is 19.4 Å². The molecule has 96 valence electrons. The minimum atomic E-state index is -0.536. The van der Waals surface area contributed by atoms with Gasteiger partial charge in [0.25, 0.3) is 0 Å². The van der Waals surface area contributed by atoms with Gasteiger partial charge in [0.1, 0.15) is 0 Å². The Bertz CT molecular complexity index is 563. The fourth-order valence-electron chi connectivity index (χ4n) is 1.79. The van der Waals surface area contributed by atoms with Gasteiger partial charge >= 0.3 is 0 Å². The van der Waals surface area contributed by atoms with Gasteiger partial charge in [0.05, 0.1) is 12.5 Å². The molecule has 1 amide bonds. The number of aromatic amines is 1. The predicted molar refractivity (Wildman–Crippen MR) is 71.7 cm³/mol. The van der Waals surface area contributed by atoms with Crippen molar-refractivity contribution in [1.29, 1.82) is 0 Å². The van der Waals surface area contributed by atoms with Crippen LogP contribution in [-0.2, 0) is 11.2 Å². The third-order valence-electron chi connectivity index (χ3n) is 2.68. The van der Waals surface area contributed by atoms with E-state index in [2.05, 4.69) is 10.3 Å². The molecule has 5 heteroatoms. The van der Waals surface area contributed by atoms with Crippen molar-refractivity contribution >= 4 is 28.4 Å². The highest BCUT2D eigenvalue weighted by Crippen LogP contribution is 2.22. The smallest absolute Gasteiger partial charge is 0.224 e. The van der Waals surface area contributed by atoms with E-state index in [1.165, 1.54) is 0 Å². The van der Waals surface area contributed by atoms with Crippen LogP contribution in [0.1, 0.15) is 12.5 Å². The highest BCUT2D eigenvalue weighted by Gasteiger charge is 2.09. The molecule has 1 heterocycles. The number of fused-ring (bicyclic) bond motifs is 1. The van der Waals surface area contributed by atoms with Crippen LogP contribution < -0.4 is 5.32 Å². The Morgan fingerprint density at radius 3 is 3.06 bits per heavy atom. The molecule has 1 aromatic heterocycles. The quantitative estimate of drug-likeness (QED) is 0.791. The number of hydrogen-bond donors (Lipinski definition) is 3.